The van der Waals surface area contributed by atoms with Crippen molar-refractivity contribution in [3.05, 3.63) is 0 Å². The van der Waals surface area contributed by atoms with Crippen LogP contribution >= 0.6 is 12.6 Å². The summed E-state index contributed by atoms with van der Waals surface area (Å²) in [6.45, 7) is 1.25. The topological polar surface area (TPSA) is 66.4 Å². The Morgan fingerprint density at radius 1 is 1.70 bits per heavy atom. The maximum atomic E-state index is 10.3. The van der Waals surface area contributed by atoms with Crippen molar-refractivity contribution < 1.29 is 14.7 Å². The van der Waals surface area contributed by atoms with Gasteiger partial charge in [0.25, 0.3) is 0 Å². The van der Waals surface area contributed by atoms with Crippen LogP contribution in [0.2, 0.25) is 0 Å². The van der Waals surface area contributed by atoms with E-state index < -0.39 is 12.0 Å². The van der Waals surface area contributed by atoms with E-state index in [1.807, 2.05) is 0 Å². The molecule has 0 aliphatic carbocycles. The molecule has 5 heteroatoms. The van der Waals surface area contributed by atoms with Gasteiger partial charge in [-0.25, -0.2) is 4.79 Å². The van der Waals surface area contributed by atoms with E-state index in [-0.39, 0.29) is 11.7 Å². The first kappa shape index (κ1) is 9.29. The lowest BCUT2D eigenvalue weighted by Crippen LogP contribution is -2.40. The number of aliphatic carboxylic acids is 1. The minimum atomic E-state index is -1.09. The standard InChI is InChI=1S/C5H8NO3S/c1-3(7)6-4(2-10)5(8)9/h4H,2H2,1H3,(H,6,7)(H,8,9)/t4-/m1/s1. The number of carboxylic acids is 1. The number of carbonyl (C=O) groups is 2. The second kappa shape index (κ2) is 4.16. The van der Waals surface area contributed by atoms with Crippen LogP contribution < -0.4 is 5.32 Å². The van der Waals surface area contributed by atoms with Crippen molar-refractivity contribution >= 4 is 24.5 Å². The molecule has 0 unspecified atom stereocenters. The fraction of sp³-hybridized carbons (Fsp3) is 0.600. The highest BCUT2D eigenvalue weighted by molar-refractivity contribution is 7.80. The fourth-order valence-corrected chi connectivity index (χ4v) is 0.646. The molecule has 10 heavy (non-hydrogen) atoms. The van der Waals surface area contributed by atoms with Gasteiger partial charge in [0.05, 0.1) is 0 Å². The van der Waals surface area contributed by atoms with Crippen LogP contribution in [0.3, 0.4) is 0 Å². The van der Waals surface area contributed by atoms with Crippen LogP contribution in [0.15, 0.2) is 0 Å². The molecular weight excluding hydrogens is 154 g/mol. The first-order chi connectivity index (χ1) is 4.57. The van der Waals surface area contributed by atoms with Gasteiger partial charge in [-0.3, -0.25) is 4.79 Å². The number of hydrogen-bond donors (Lipinski definition) is 2. The molecule has 0 bridgehead atoms. The highest BCUT2D eigenvalue weighted by Gasteiger charge is 2.15. The van der Waals surface area contributed by atoms with E-state index in [1.165, 1.54) is 6.92 Å². The lowest BCUT2D eigenvalue weighted by atomic mass is 10.3. The molecule has 0 saturated carbocycles. The van der Waals surface area contributed by atoms with Crippen LogP contribution in [0.5, 0.6) is 0 Å². The average molecular weight is 162 g/mol. The molecule has 0 fully saturated rings. The van der Waals surface area contributed by atoms with Crippen molar-refractivity contribution in [2.75, 3.05) is 5.75 Å². The number of carboxylic acid groups (broad SMARTS) is 1. The summed E-state index contributed by atoms with van der Waals surface area (Å²) >= 11 is 4.47. The number of hydrogen-bond acceptors (Lipinski definition) is 2. The Kier molecular flexibility index (Phi) is 3.87. The van der Waals surface area contributed by atoms with Gasteiger partial charge in [0.15, 0.2) is 0 Å². The summed E-state index contributed by atoms with van der Waals surface area (Å²) in [4.78, 5) is 20.5. The molecule has 0 spiro atoms. The molecule has 0 aromatic heterocycles. The first-order valence-corrected chi connectivity index (χ1v) is 3.23. The second-order valence-electron chi connectivity index (χ2n) is 1.76. The summed E-state index contributed by atoms with van der Waals surface area (Å²) in [6, 6.07) is -0.924. The summed E-state index contributed by atoms with van der Waals surface area (Å²) in [6.07, 6.45) is 0. The smallest absolute Gasteiger partial charge is 0.327 e. The molecule has 0 aromatic rings. The largest absolute Gasteiger partial charge is 0.480 e. The normalized spacial score (nSPS) is 12.2. The van der Waals surface area contributed by atoms with Gasteiger partial charge in [0, 0.05) is 12.7 Å². The fourth-order valence-electron chi connectivity index (χ4n) is 0.420. The van der Waals surface area contributed by atoms with E-state index in [2.05, 4.69) is 17.9 Å². The molecular formula is C5H8NO3S. The Morgan fingerprint density at radius 2 is 2.20 bits per heavy atom. The average Bonchev–Trinajstić information content (AvgIpc) is 1.81. The van der Waals surface area contributed by atoms with E-state index in [0.717, 1.165) is 0 Å². The molecule has 57 valence electrons. The van der Waals surface area contributed by atoms with Crippen LogP contribution in [0.4, 0.5) is 0 Å². The summed E-state index contributed by atoms with van der Waals surface area (Å²) in [5.41, 5.74) is 0. The maximum absolute atomic E-state index is 10.3. The molecule has 0 heterocycles. The number of amides is 1. The zero-order valence-electron chi connectivity index (χ0n) is 5.46. The molecule has 1 amide bonds. The van der Waals surface area contributed by atoms with Gasteiger partial charge >= 0.3 is 5.97 Å². The van der Waals surface area contributed by atoms with Crippen molar-refractivity contribution in [3.8, 4) is 0 Å². The summed E-state index contributed by atoms with van der Waals surface area (Å²) in [5, 5.41) is 10.5. The molecule has 0 rings (SSSR count). The van der Waals surface area contributed by atoms with Crippen molar-refractivity contribution in [3.63, 3.8) is 0 Å². The molecule has 4 nitrogen and oxygen atoms in total. The summed E-state index contributed by atoms with van der Waals surface area (Å²) in [5.74, 6) is -1.47. The van der Waals surface area contributed by atoms with E-state index >= 15 is 0 Å². The minimum absolute atomic E-state index is 0.00505. The third-order valence-electron chi connectivity index (χ3n) is 0.842. The SMILES string of the molecule is CC(=O)N[C@H](C[S])C(=O)O. The second-order valence-corrected chi connectivity index (χ2v) is 2.09. The molecule has 0 aromatic carbocycles. The Morgan fingerprint density at radius 3 is 2.30 bits per heavy atom. The number of rotatable bonds is 3. The Balaban J connectivity index is 3.83. The molecule has 0 saturated heterocycles. The van der Waals surface area contributed by atoms with Gasteiger partial charge < -0.3 is 10.4 Å². The molecule has 1 atom stereocenters. The summed E-state index contributed by atoms with van der Waals surface area (Å²) in [7, 11) is 0. The zero-order valence-corrected chi connectivity index (χ0v) is 6.27. The monoisotopic (exact) mass is 162 g/mol. The van der Waals surface area contributed by atoms with Gasteiger partial charge in [-0.15, -0.1) is 0 Å². The van der Waals surface area contributed by atoms with Crippen molar-refractivity contribution in [2.24, 2.45) is 0 Å². The highest BCUT2D eigenvalue weighted by Crippen LogP contribution is 1.86. The van der Waals surface area contributed by atoms with Gasteiger partial charge in [-0.1, -0.05) is 12.6 Å². The Bertz CT molecular complexity index is 148. The molecule has 1 radical (unpaired) electrons. The van der Waals surface area contributed by atoms with Crippen molar-refractivity contribution in [1.82, 2.24) is 5.32 Å². The van der Waals surface area contributed by atoms with Crippen LogP contribution in [-0.4, -0.2) is 28.8 Å². The van der Waals surface area contributed by atoms with E-state index in [1.54, 1.807) is 0 Å². The van der Waals surface area contributed by atoms with Crippen molar-refractivity contribution in [1.29, 1.82) is 0 Å². The molecule has 2 N–H and O–H groups in total. The third-order valence-corrected chi connectivity index (χ3v) is 1.18. The van der Waals surface area contributed by atoms with Crippen LogP contribution in [0.25, 0.3) is 0 Å². The third kappa shape index (κ3) is 3.34. The van der Waals surface area contributed by atoms with Gasteiger partial charge in [0.2, 0.25) is 5.91 Å². The van der Waals surface area contributed by atoms with E-state index in [9.17, 15) is 9.59 Å². The molecule has 0 aliphatic heterocycles. The summed E-state index contributed by atoms with van der Waals surface area (Å²) < 4.78 is 0. The van der Waals surface area contributed by atoms with Crippen molar-refractivity contribution in [2.45, 2.75) is 13.0 Å². The predicted octanol–water partition coefficient (Wildman–Crippen LogP) is -0.227. The lowest BCUT2D eigenvalue weighted by Gasteiger charge is -2.07. The predicted molar refractivity (Wildman–Crippen MR) is 37.7 cm³/mol. The van der Waals surface area contributed by atoms with Crippen LogP contribution in [0, 0.1) is 0 Å². The molecule has 0 aliphatic rings. The van der Waals surface area contributed by atoms with Gasteiger partial charge in [-0.2, -0.15) is 0 Å². The number of nitrogens with one attached hydrogen (secondary N) is 1. The van der Waals surface area contributed by atoms with Crippen LogP contribution in [0.1, 0.15) is 6.92 Å². The van der Waals surface area contributed by atoms with Crippen LogP contribution in [-0.2, 0) is 9.59 Å². The first-order valence-electron chi connectivity index (χ1n) is 2.66. The highest BCUT2D eigenvalue weighted by atomic mass is 32.1. The van der Waals surface area contributed by atoms with Gasteiger partial charge in [-0.05, 0) is 0 Å². The van der Waals surface area contributed by atoms with E-state index in [4.69, 9.17) is 5.11 Å². The lowest BCUT2D eigenvalue weighted by molar-refractivity contribution is -0.140. The Hall–Kier alpha value is -0.710. The quantitative estimate of drug-likeness (QED) is 0.602. The van der Waals surface area contributed by atoms with Gasteiger partial charge in [0.1, 0.15) is 6.04 Å². The number of carbonyl (C=O) groups excluding carboxylic acids is 1. The maximum Gasteiger partial charge on any atom is 0.327 e. The van der Waals surface area contributed by atoms with E-state index in [0.29, 0.717) is 0 Å². The Labute approximate surface area is 64.0 Å². The minimum Gasteiger partial charge on any atom is -0.480 e. The zero-order chi connectivity index (χ0) is 8.15.